The van der Waals surface area contributed by atoms with Crippen molar-refractivity contribution in [3.63, 3.8) is 0 Å². The molecule has 0 spiro atoms. The lowest BCUT2D eigenvalue weighted by Crippen LogP contribution is -2.31. The molecule has 29 heavy (non-hydrogen) atoms. The Balaban J connectivity index is 1.84. The Bertz CT molecular complexity index is 947. The molecular formula is C22H20N2O4S. The van der Waals surface area contributed by atoms with Crippen LogP contribution < -0.4 is 10.6 Å². The largest absolute Gasteiger partial charge is 0.450 e. The molecule has 2 N–H and O–H groups in total. The SMILES string of the molecule is CCOC(=O)NC(=O)c1ccsc1NC(=O)C(c1ccccc1)c1ccccc1. The first-order valence-electron chi connectivity index (χ1n) is 9.06. The minimum absolute atomic E-state index is 0.155. The molecule has 3 amide bonds. The number of imide groups is 1. The van der Waals surface area contributed by atoms with E-state index < -0.39 is 17.9 Å². The van der Waals surface area contributed by atoms with E-state index >= 15 is 0 Å². The summed E-state index contributed by atoms with van der Waals surface area (Å²) in [6.45, 7) is 1.80. The van der Waals surface area contributed by atoms with E-state index in [1.807, 2.05) is 60.7 Å². The summed E-state index contributed by atoms with van der Waals surface area (Å²) in [5.41, 5.74) is 1.88. The zero-order valence-electron chi connectivity index (χ0n) is 15.8. The van der Waals surface area contributed by atoms with E-state index in [-0.39, 0.29) is 18.1 Å². The summed E-state index contributed by atoms with van der Waals surface area (Å²) in [5, 5.41) is 7.03. The fourth-order valence-electron chi connectivity index (χ4n) is 2.88. The number of benzene rings is 2. The number of anilines is 1. The highest BCUT2D eigenvalue weighted by Gasteiger charge is 2.25. The summed E-state index contributed by atoms with van der Waals surface area (Å²) in [6.07, 6.45) is -0.826. The van der Waals surface area contributed by atoms with Gasteiger partial charge in [-0.15, -0.1) is 11.3 Å². The second-order valence-corrected chi connectivity index (χ2v) is 7.00. The average molecular weight is 408 g/mol. The Morgan fingerprint density at radius 3 is 2.07 bits per heavy atom. The van der Waals surface area contributed by atoms with E-state index in [1.54, 1.807) is 18.4 Å². The van der Waals surface area contributed by atoms with Crippen molar-refractivity contribution >= 4 is 34.2 Å². The Kier molecular flexibility index (Phi) is 6.76. The zero-order chi connectivity index (χ0) is 20.6. The molecule has 3 rings (SSSR count). The number of hydrogen-bond donors (Lipinski definition) is 2. The third kappa shape index (κ3) is 5.08. The number of carbonyl (C=O) groups excluding carboxylic acids is 3. The third-order valence-corrected chi connectivity index (χ3v) is 5.00. The van der Waals surface area contributed by atoms with Gasteiger partial charge >= 0.3 is 6.09 Å². The normalized spacial score (nSPS) is 10.4. The van der Waals surface area contributed by atoms with Gasteiger partial charge in [0.25, 0.3) is 5.91 Å². The van der Waals surface area contributed by atoms with Gasteiger partial charge < -0.3 is 10.1 Å². The molecule has 0 aliphatic heterocycles. The monoisotopic (exact) mass is 408 g/mol. The Morgan fingerprint density at radius 2 is 1.52 bits per heavy atom. The van der Waals surface area contributed by atoms with Crippen molar-refractivity contribution < 1.29 is 19.1 Å². The van der Waals surface area contributed by atoms with Crippen molar-refractivity contribution in [2.24, 2.45) is 0 Å². The summed E-state index contributed by atoms with van der Waals surface area (Å²) in [6, 6.07) is 20.4. The van der Waals surface area contributed by atoms with Gasteiger partial charge in [-0.2, -0.15) is 0 Å². The minimum atomic E-state index is -0.826. The van der Waals surface area contributed by atoms with Crippen molar-refractivity contribution in [2.45, 2.75) is 12.8 Å². The maximum atomic E-state index is 13.2. The molecule has 0 bridgehead atoms. The van der Waals surface area contributed by atoms with Gasteiger partial charge in [-0.3, -0.25) is 14.9 Å². The van der Waals surface area contributed by atoms with Crippen LogP contribution in [0.5, 0.6) is 0 Å². The predicted molar refractivity (Wildman–Crippen MR) is 112 cm³/mol. The van der Waals surface area contributed by atoms with E-state index in [0.717, 1.165) is 11.1 Å². The Morgan fingerprint density at radius 1 is 0.931 bits per heavy atom. The molecule has 148 valence electrons. The summed E-state index contributed by atoms with van der Waals surface area (Å²) >= 11 is 1.21. The zero-order valence-corrected chi connectivity index (χ0v) is 16.6. The lowest BCUT2D eigenvalue weighted by Gasteiger charge is -2.18. The van der Waals surface area contributed by atoms with Gasteiger partial charge in [0.15, 0.2) is 0 Å². The molecule has 0 atom stereocenters. The lowest BCUT2D eigenvalue weighted by molar-refractivity contribution is -0.116. The first kappa shape index (κ1) is 20.3. The van der Waals surface area contributed by atoms with Gasteiger partial charge in [-0.1, -0.05) is 60.7 Å². The van der Waals surface area contributed by atoms with E-state index in [2.05, 4.69) is 10.6 Å². The predicted octanol–water partition coefficient (Wildman–Crippen LogP) is 4.41. The number of thiophene rings is 1. The molecule has 1 heterocycles. The van der Waals surface area contributed by atoms with Crippen LogP contribution >= 0.6 is 11.3 Å². The van der Waals surface area contributed by atoms with Crippen LogP contribution in [0.15, 0.2) is 72.1 Å². The van der Waals surface area contributed by atoms with E-state index in [4.69, 9.17) is 4.74 Å². The molecule has 0 radical (unpaired) electrons. The fraction of sp³-hybridized carbons (Fsp3) is 0.136. The molecule has 0 fully saturated rings. The second-order valence-electron chi connectivity index (χ2n) is 6.08. The maximum Gasteiger partial charge on any atom is 0.414 e. The molecule has 0 saturated carbocycles. The molecule has 6 nitrogen and oxygen atoms in total. The quantitative estimate of drug-likeness (QED) is 0.633. The van der Waals surface area contributed by atoms with Crippen LogP contribution in [0.1, 0.15) is 34.3 Å². The molecule has 0 aliphatic rings. The van der Waals surface area contributed by atoms with Crippen LogP contribution in [-0.2, 0) is 9.53 Å². The van der Waals surface area contributed by atoms with Crippen molar-refractivity contribution in [1.82, 2.24) is 5.32 Å². The van der Waals surface area contributed by atoms with Crippen LogP contribution in [0, 0.1) is 0 Å². The van der Waals surface area contributed by atoms with Crippen molar-refractivity contribution in [3.05, 3.63) is 88.8 Å². The smallest absolute Gasteiger partial charge is 0.414 e. The highest BCUT2D eigenvalue weighted by atomic mass is 32.1. The highest BCUT2D eigenvalue weighted by Crippen LogP contribution is 2.29. The van der Waals surface area contributed by atoms with E-state index in [1.165, 1.54) is 11.3 Å². The molecule has 2 aromatic carbocycles. The number of alkyl carbamates (subject to hydrolysis) is 1. The van der Waals surface area contributed by atoms with Crippen LogP contribution in [0.3, 0.4) is 0 Å². The van der Waals surface area contributed by atoms with Crippen LogP contribution in [0.25, 0.3) is 0 Å². The summed E-state index contributed by atoms with van der Waals surface area (Å²) in [4.78, 5) is 37.1. The summed E-state index contributed by atoms with van der Waals surface area (Å²) in [7, 11) is 0. The average Bonchev–Trinajstić information content (AvgIpc) is 3.18. The van der Waals surface area contributed by atoms with E-state index in [9.17, 15) is 14.4 Å². The van der Waals surface area contributed by atoms with Gasteiger partial charge in [0.05, 0.1) is 18.1 Å². The second kappa shape index (κ2) is 9.66. The molecule has 0 saturated heterocycles. The lowest BCUT2D eigenvalue weighted by atomic mass is 9.90. The van der Waals surface area contributed by atoms with E-state index in [0.29, 0.717) is 5.00 Å². The number of carbonyl (C=O) groups is 3. The number of hydrogen-bond acceptors (Lipinski definition) is 5. The maximum absolute atomic E-state index is 13.2. The van der Waals surface area contributed by atoms with Gasteiger partial charge in [-0.25, -0.2) is 4.79 Å². The molecular weight excluding hydrogens is 388 g/mol. The Labute approximate surface area is 172 Å². The molecule has 7 heteroatoms. The molecule has 0 unspecified atom stereocenters. The van der Waals surface area contributed by atoms with Crippen LogP contribution in [-0.4, -0.2) is 24.5 Å². The minimum Gasteiger partial charge on any atom is -0.450 e. The van der Waals surface area contributed by atoms with Gasteiger partial charge in [0.1, 0.15) is 5.00 Å². The standard InChI is InChI=1S/C22H20N2O4S/c1-2-28-22(27)24-19(25)17-13-14-29-21(17)23-20(26)18(15-9-5-3-6-10-15)16-11-7-4-8-12-16/h3-14,18H,2H2,1H3,(H,23,26)(H,24,25,27). The van der Waals surface area contributed by atoms with Crippen molar-refractivity contribution in [2.75, 3.05) is 11.9 Å². The third-order valence-electron chi connectivity index (χ3n) is 4.17. The van der Waals surface area contributed by atoms with Crippen LogP contribution in [0.2, 0.25) is 0 Å². The first-order chi connectivity index (χ1) is 14.1. The summed E-state index contributed by atoms with van der Waals surface area (Å²) in [5.74, 6) is -1.44. The molecule has 0 aliphatic carbocycles. The van der Waals surface area contributed by atoms with Gasteiger partial charge in [0.2, 0.25) is 5.91 Å². The number of nitrogens with one attached hydrogen (secondary N) is 2. The van der Waals surface area contributed by atoms with Crippen molar-refractivity contribution in [1.29, 1.82) is 0 Å². The first-order valence-corrected chi connectivity index (χ1v) is 9.94. The topological polar surface area (TPSA) is 84.5 Å². The number of ether oxygens (including phenoxy) is 1. The number of amides is 3. The summed E-state index contributed by atoms with van der Waals surface area (Å²) < 4.78 is 4.73. The fourth-order valence-corrected chi connectivity index (χ4v) is 3.67. The van der Waals surface area contributed by atoms with Gasteiger partial charge in [-0.05, 0) is 29.5 Å². The number of rotatable bonds is 6. The highest BCUT2D eigenvalue weighted by molar-refractivity contribution is 7.14. The molecule has 3 aromatic rings. The van der Waals surface area contributed by atoms with Gasteiger partial charge in [0, 0.05) is 0 Å². The Hall–Kier alpha value is -3.45. The van der Waals surface area contributed by atoms with Crippen molar-refractivity contribution in [3.8, 4) is 0 Å². The van der Waals surface area contributed by atoms with Crippen LogP contribution in [0.4, 0.5) is 9.80 Å². The molecule has 1 aromatic heterocycles.